The molecule has 0 bridgehead atoms. The summed E-state index contributed by atoms with van der Waals surface area (Å²) >= 11 is 0. The minimum absolute atomic E-state index is 0. The average molecular weight is 338 g/mol. The fourth-order valence-corrected chi connectivity index (χ4v) is 3.44. The summed E-state index contributed by atoms with van der Waals surface area (Å²) in [7, 11) is 2.20. The first kappa shape index (κ1) is 17.5. The second-order valence-electron chi connectivity index (χ2n) is 6.94. The van der Waals surface area contributed by atoms with E-state index in [-0.39, 0.29) is 1.43 Å². The maximum absolute atomic E-state index is 4.40. The minimum Gasteiger partial charge on any atom is -0.380 e. The largest absolute Gasteiger partial charge is 0.380 e. The monoisotopic (exact) mass is 338 g/mol. The third-order valence-electron chi connectivity index (χ3n) is 5.00. The van der Waals surface area contributed by atoms with E-state index in [1.54, 1.807) is 12.4 Å². The van der Waals surface area contributed by atoms with Crippen molar-refractivity contribution >= 4 is 11.0 Å². The van der Waals surface area contributed by atoms with E-state index in [1.807, 2.05) is 6.07 Å². The zero-order chi connectivity index (χ0) is 17.8. The van der Waals surface area contributed by atoms with Crippen molar-refractivity contribution in [2.45, 2.75) is 40.2 Å². The van der Waals surface area contributed by atoms with E-state index in [0.29, 0.717) is 5.92 Å². The Labute approximate surface area is 152 Å². The molecule has 0 fully saturated rings. The predicted octanol–water partition coefficient (Wildman–Crippen LogP) is 4.50. The topological polar surface area (TPSA) is 41.0 Å². The van der Waals surface area contributed by atoms with Crippen LogP contribution < -0.4 is 5.32 Å². The number of nitrogens with one attached hydrogen (secondary N) is 1. The Bertz CT molecular complexity index is 813. The van der Waals surface area contributed by atoms with Crippen LogP contribution in [0.1, 0.15) is 40.6 Å². The molecular formula is C21H30N4. The van der Waals surface area contributed by atoms with Crippen LogP contribution in [0, 0.1) is 5.92 Å². The van der Waals surface area contributed by atoms with E-state index in [9.17, 15) is 0 Å². The SMILES string of the molecule is CCCN(C)C1=C(C)C(C)CC=C1NCc1ccc2nccnc2c1.[HH]. The molecule has 0 spiro atoms. The molecule has 4 heteroatoms. The Kier molecular flexibility index (Phi) is 5.37. The molecular weight excluding hydrogens is 308 g/mol. The summed E-state index contributed by atoms with van der Waals surface area (Å²) in [5.41, 5.74) is 7.21. The van der Waals surface area contributed by atoms with Gasteiger partial charge < -0.3 is 10.2 Å². The van der Waals surface area contributed by atoms with Gasteiger partial charge in [0.1, 0.15) is 0 Å². The molecule has 1 unspecified atom stereocenters. The Morgan fingerprint density at radius 1 is 1.24 bits per heavy atom. The van der Waals surface area contributed by atoms with Crippen molar-refractivity contribution < 1.29 is 1.43 Å². The van der Waals surface area contributed by atoms with E-state index >= 15 is 0 Å². The molecule has 3 rings (SSSR count). The number of benzene rings is 1. The Balaban J connectivity index is 0.00000243. The molecule has 0 radical (unpaired) electrons. The van der Waals surface area contributed by atoms with Crippen molar-refractivity contribution in [2.24, 2.45) is 5.92 Å². The molecule has 134 valence electrons. The van der Waals surface area contributed by atoms with Gasteiger partial charge in [-0.25, -0.2) is 0 Å². The lowest BCUT2D eigenvalue weighted by Crippen LogP contribution is -2.30. The maximum Gasteiger partial charge on any atom is 0.0890 e. The number of hydrogen-bond acceptors (Lipinski definition) is 4. The molecule has 4 nitrogen and oxygen atoms in total. The highest BCUT2D eigenvalue weighted by atomic mass is 15.1. The van der Waals surface area contributed by atoms with E-state index in [0.717, 1.165) is 37.0 Å². The van der Waals surface area contributed by atoms with Crippen LogP contribution in [0.25, 0.3) is 11.0 Å². The van der Waals surface area contributed by atoms with Gasteiger partial charge in [0, 0.05) is 34.0 Å². The molecule has 2 aromatic rings. The van der Waals surface area contributed by atoms with Gasteiger partial charge >= 0.3 is 0 Å². The minimum atomic E-state index is 0. The van der Waals surface area contributed by atoms with Crippen molar-refractivity contribution in [1.82, 2.24) is 20.2 Å². The lowest BCUT2D eigenvalue weighted by atomic mass is 9.90. The van der Waals surface area contributed by atoms with E-state index in [4.69, 9.17) is 0 Å². The van der Waals surface area contributed by atoms with Crippen LogP contribution in [-0.4, -0.2) is 28.5 Å². The normalized spacial score (nSPS) is 17.6. The summed E-state index contributed by atoms with van der Waals surface area (Å²) in [5.74, 6) is 0.607. The fraction of sp³-hybridized carbons (Fsp3) is 0.429. The second kappa shape index (κ2) is 7.68. The van der Waals surface area contributed by atoms with Gasteiger partial charge in [-0.3, -0.25) is 9.97 Å². The number of rotatable bonds is 6. The van der Waals surface area contributed by atoms with Crippen molar-refractivity contribution in [3.8, 4) is 0 Å². The molecule has 25 heavy (non-hydrogen) atoms. The van der Waals surface area contributed by atoms with Crippen LogP contribution in [0.4, 0.5) is 0 Å². The average Bonchev–Trinajstić information content (AvgIpc) is 2.62. The fourth-order valence-electron chi connectivity index (χ4n) is 3.44. The molecule has 1 atom stereocenters. The lowest BCUT2D eigenvalue weighted by molar-refractivity contribution is 0.400. The molecule has 1 aliphatic carbocycles. The second-order valence-corrected chi connectivity index (χ2v) is 6.94. The van der Waals surface area contributed by atoms with Crippen LogP contribution in [0.2, 0.25) is 0 Å². The Morgan fingerprint density at radius 2 is 2.00 bits per heavy atom. The number of hydrogen-bond donors (Lipinski definition) is 1. The van der Waals surface area contributed by atoms with Crippen LogP contribution in [0.3, 0.4) is 0 Å². The van der Waals surface area contributed by atoms with Gasteiger partial charge in [-0.2, -0.15) is 0 Å². The first-order valence-electron chi connectivity index (χ1n) is 9.16. The number of nitrogens with zero attached hydrogens (tertiary/aromatic N) is 3. The van der Waals surface area contributed by atoms with Gasteiger partial charge in [-0.15, -0.1) is 0 Å². The van der Waals surface area contributed by atoms with Crippen LogP contribution in [0.5, 0.6) is 0 Å². The molecule has 1 aromatic heterocycles. The highest BCUT2D eigenvalue weighted by molar-refractivity contribution is 5.74. The van der Waals surface area contributed by atoms with E-state index in [1.165, 1.54) is 22.5 Å². The molecule has 0 amide bonds. The van der Waals surface area contributed by atoms with Gasteiger partial charge in [-0.1, -0.05) is 26.0 Å². The summed E-state index contributed by atoms with van der Waals surface area (Å²) in [5, 5.41) is 3.66. The summed E-state index contributed by atoms with van der Waals surface area (Å²) in [6.45, 7) is 8.68. The van der Waals surface area contributed by atoms with E-state index < -0.39 is 0 Å². The van der Waals surface area contributed by atoms with Crippen LogP contribution in [0.15, 0.2) is 53.6 Å². The molecule has 0 saturated heterocycles. The molecule has 1 N–H and O–H groups in total. The first-order valence-corrected chi connectivity index (χ1v) is 9.16. The third kappa shape index (κ3) is 3.84. The van der Waals surface area contributed by atoms with Crippen molar-refractivity contribution in [3.05, 3.63) is 59.2 Å². The number of fused-ring (bicyclic) bond motifs is 1. The van der Waals surface area contributed by atoms with Gasteiger partial charge in [-0.05, 0) is 49.0 Å². The summed E-state index contributed by atoms with van der Waals surface area (Å²) in [6.07, 6.45) is 8.07. The molecule has 1 aliphatic rings. The van der Waals surface area contributed by atoms with E-state index in [2.05, 4.69) is 66.2 Å². The number of likely N-dealkylation sites (N-methyl/N-ethyl adjacent to an activating group) is 1. The first-order chi connectivity index (χ1) is 12.1. The Hall–Kier alpha value is -2.36. The standard InChI is InChI=1S/C21H28N4.H2/c1-5-12-25(4)21-16(3)15(2)6-8-19(21)24-14-17-7-9-18-20(13-17)23-11-10-22-18;/h7-11,13,15,24H,5-6,12,14H2,1-4H3;1H. The highest BCUT2D eigenvalue weighted by Gasteiger charge is 2.21. The summed E-state index contributed by atoms with van der Waals surface area (Å²) < 4.78 is 0. The van der Waals surface area contributed by atoms with Gasteiger partial charge in [0.2, 0.25) is 0 Å². The molecule has 1 heterocycles. The number of allylic oxidation sites excluding steroid dienone is 2. The lowest BCUT2D eigenvalue weighted by Gasteiger charge is -2.32. The zero-order valence-corrected chi connectivity index (χ0v) is 15.7. The van der Waals surface area contributed by atoms with Crippen LogP contribution in [-0.2, 0) is 6.54 Å². The molecule has 0 aliphatic heterocycles. The number of aromatic nitrogens is 2. The van der Waals surface area contributed by atoms with Crippen LogP contribution >= 0.6 is 0 Å². The summed E-state index contributed by atoms with van der Waals surface area (Å²) in [4.78, 5) is 11.1. The van der Waals surface area contributed by atoms with Gasteiger partial charge in [0.15, 0.2) is 0 Å². The third-order valence-corrected chi connectivity index (χ3v) is 5.00. The molecule has 0 saturated carbocycles. The smallest absolute Gasteiger partial charge is 0.0890 e. The Morgan fingerprint density at radius 3 is 2.76 bits per heavy atom. The van der Waals surface area contributed by atoms with Crippen molar-refractivity contribution in [1.29, 1.82) is 0 Å². The summed E-state index contributed by atoms with van der Waals surface area (Å²) in [6, 6.07) is 6.29. The quantitative estimate of drug-likeness (QED) is 0.841. The predicted molar refractivity (Wildman–Crippen MR) is 106 cm³/mol. The zero-order valence-electron chi connectivity index (χ0n) is 15.7. The van der Waals surface area contributed by atoms with Gasteiger partial charge in [0.05, 0.1) is 22.4 Å². The highest BCUT2D eigenvalue weighted by Crippen LogP contribution is 2.30. The van der Waals surface area contributed by atoms with Gasteiger partial charge in [0.25, 0.3) is 0 Å². The van der Waals surface area contributed by atoms with Crippen molar-refractivity contribution in [3.63, 3.8) is 0 Å². The molecule has 1 aromatic carbocycles. The maximum atomic E-state index is 4.40. The van der Waals surface area contributed by atoms with Crippen molar-refractivity contribution in [2.75, 3.05) is 13.6 Å².